The number of carbonyl (C=O) groups is 1. The molecule has 6 nitrogen and oxygen atoms in total. The molecular weight excluding hydrogens is 328 g/mol. The lowest BCUT2D eigenvalue weighted by atomic mass is 10.0. The number of aromatic nitrogens is 1. The molecule has 1 aromatic heterocycles. The predicted molar refractivity (Wildman–Crippen MR) is 90.2 cm³/mol. The van der Waals surface area contributed by atoms with Gasteiger partial charge in [-0.2, -0.15) is 4.31 Å². The molecule has 1 N–H and O–H groups in total. The van der Waals surface area contributed by atoms with Crippen LogP contribution in [0.1, 0.15) is 34.9 Å². The summed E-state index contributed by atoms with van der Waals surface area (Å²) < 4.78 is 25.2. The van der Waals surface area contributed by atoms with Crippen LogP contribution in [0.5, 0.6) is 0 Å². The highest BCUT2D eigenvalue weighted by atomic mass is 32.2. The third-order valence-electron chi connectivity index (χ3n) is 4.20. The van der Waals surface area contributed by atoms with E-state index in [0.717, 1.165) is 29.7 Å². The highest BCUT2D eigenvalue weighted by molar-refractivity contribution is 7.88. The van der Waals surface area contributed by atoms with Gasteiger partial charge in [0, 0.05) is 18.3 Å². The average molecular weight is 346 g/mol. The van der Waals surface area contributed by atoms with E-state index in [1.807, 2.05) is 18.2 Å². The van der Waals surface area contributed by atoms with Crippen molar-refractivity contribution in [2.75, 3.05) is 12.8 Å². The van der Waals surface area contributed by atoms with E-state index in [4.69, 9.17) is 5.11 Å². The fourth-order valence-electron chi connectivity index (χ4n) is 3.04. The number of benzene rings is 1. The second-order valence-electron chi connectivity index (χ2n) is 5.89. The van der Waals surface area contributed by atoms with Gasteiger partial charge in [0.15, 0.2) is 0 Å². The molecule has 0 aliphatic carbocycles. The fraction of sp³-hybridized carbons (Fsp3) is 0.294. The van der Waals surface area contributed by atoms with Gasteiger partial charge in [-0.1, -0.05) is 18.2 Å². The van der Waals surface area contributed by atoms with Crippen molar-refractivity contribution in [1.82, 2.24) is 9.29 Å². The Labute approximate surface area is 140 Å². The van der Waals surface area contributed by atoms with Crippen molar-refractivity contribution in [3.05, 3.63) is 53.9 Å². The van der Waals surface area contributed by atoms with Crippen molar-refractivity contribution in [2.24, 2.45) is 0 Å². The Kier molecular flexibility index (Phi) is 4.38. The number of aromatic carboxylic acids is 1. The van der Waals surface area contributed by atoms with Crippen molar-refractivity contribution >= 4 is 16.0 Å². The minimum atomic E-state index is -3.25. The lowest BCUT2D eigenvalue weighted by Gasteiger charge is -2.21. The first-order valence-corrected chi connectivity index (χ1v) is 9.47. The van der Waals surface area contributed by atoms with Crippen LogP contribution in [0, 0.1) is 0 Å². The molecule has 1 atom stereocenters. The first-order chi connectivity index (χ1) is 11.4. The van der Waals surface area contributed by atoms with E-state index in [0.29, 0.717) is 6.54 Å². The van der Waals surface area contributed by atoms with E-state index in [9.17, 15) is 13.2 Å². The molecule has 0 bridgehead atoms. The maximum absolute atomic E-state index is 11.8. The van der Waals surface area contributed by atoms with Crippen molar-refractivity contribution < 1.29 is 18.3 Å². The van der Waals surface area contributed by atoms with E-state index < -0.39 is 16.0 Å². The molecule has 1 saturated heterocycles. The predicted octanol–water partition coefficient (Wildman–Crippen LogP) is 2.54. The summed E-state index contributed by atoms with van der Waals surface area (Å²) in [5, 5.41) is 9.07. The Morgan fingerprint density at radius 3 is 2.67 bits per heavy atom. The second kappa shape index (κ2) is 6.33. The van der Waals surface area contributed by atoms with E-state index in [1.54, 1.807) is 18.3 Å². The fourth-order valence-corrected chi connectivity index (χ4v) is 4.17. The Morgan fingerprint density at radius 2 is 2.04 bits per heavy atom. The maximum atomic E-state index is 11.8. The number of carboxylic acid groups (broad SMARTS) is 1. The summed E-state index contributed by atoms with van der Waals surface area (Å²) in [4.78, 5) is 15.5. The number of rotatable bonds is 4. The summed E-state index contributed by atoms with van der Waals surface area (Å²) in [6.45, 7) is 0.521. The van der Waals surface area contributed by atoms with Crippen LogP contribution in [0.3, 0.4) is 0 Å². The lowest BCUT2D eigenvalue weighted by Crippen LogP contribution is -2.29. The first kappa shape index (κ1) is 16.6. The SMILES string of the molecule is CS(=O)(=O)N1CCCC1c1ccc(-c2cccc(C(=O)O)c2)cn1. The van der Waals surface area contributed by atoms with Gasteiger partial charge in [0.05, 0.1) is 23.6 Å². The largest absolute Gasteiger partial charge is 0.478 e. The summed E-state index contributed by atoms with van der Waals surface area (Å²) in [6, 6.07) is 10.1. The monoisotopic (exact) mass is 346 g/mol. The molecule has 0 radical (unpaired) electrons. The highest BCUT2D eigenvalue weighted by Gasteiger charge is 2.33. The molecule has 3 rings (SSSR count). The molecule has 1 fully saturated rings. The van der Waals surface area contributed by atoms with Gasteiger partial charge in [0.25, 0.3) is 0 Å². The Morgan fingerprint density at radius 1 is 1.25 bits per heavy atom. The van der Waals surface area contributed by atoms with Gasteiger partial charge < -0.3 is 5.11 Å². The minimum Gasteiger partial charge on any atom is -0.478 e. The van der Waals surface area contributed by atoms with Gasteiger partial charge in [-0.15, -0.1) is 0 Å². The van der Waals surface area contributed by atoms with Crippen LogP contribution >= 0.6 is 0 Å². The quantitative estimate of drug-likeness (QED) is 0.919. The molecule has 1 aromatic carbocycles. The van der Waals surface area contributed by atoms with Gasteiger partial charge in [-0.25, -0.2) is 13.2 Å². The molecule has 1 unspecified atom stereocenters. The summed E-state index contributed by atoms with van der Waals surface area (Å²) in [5.41, 5.74) is 2.50. The zero-order chi connectivity index (χ0) is 17.3. The number of nitrogens with zero attached hydrogens (tertiary/aromatic N) is 2. The van der Waals surface area contributed by atoms with Crippen LogP contribution in [-0.4, -0.2) is 41.6 Å². The van der Waals surface area contributed by atoms with E-state index in [2.05, 4.69) is 4.98 Å². The van der Waals surface area contributed by atoms with Crippen LogP contribution in [0.15, 0.2) is 42.6 Å². The van der Waals surface area contributed by atoms with Crippen LogP contribution < -0.4 is 0 Å². The second-order valence-corrected chi connectivity index (χ2v) is 7.82. The number of hydrogen-bond acceptors (Lipinski definition) is 4. The Bertz CT molecular complexity index is 862. The van der Waals surface area contributed by atoms with Crippen molar-refractivity contribution in [3.63, 3.8) is 0 Å². The number of hydrogen-bond donors (Lipinski definition) is 1. The topological polar surface area (TPSA) is 87.6 Å². The normalized spacial score (nSPS) is 18.6. The minimum absolute atomic E-state index is 0.218. The molecular formula is C17H18N2O4S. The maximum Gasteiger partial charge on any atom is 0.335 e. The smallest absolute Gasteiger partial charge is 0.335 e. The molecule has 0 spiro atoms. The molecule has 1 aliphatic heterocycles. The lowest BCUT2D eigenvalue weighted by molar-refractivity contribution is 0.0697. The average Bonchev–Trinajstić information content (AvgIpc) is 3.05. The van der Waals surface area contributed by atoms with Crippen LogP contribution in [0.2, 0.25) is 0 Å². The van der Waals surface area contributed by atoms with Crippen LogP contribution in [0.4, 0.5) is 0 Å². The zero-order valence-corrected chi connectivity index (χ0v) is 14.0. The molecule has 24 heavy (non-hydrogen) atoms. The van der Waals surface area contributed by atoms with Gasteiger partial charge in [0.2, 0.25) is 10.0 Å². The molecule has 0 saturated carbocycles. The van der Waals surface area contributed by atoms with Crippen molar-refractivity contribution in [2.45, 2.75) is 18.9 Å². The first-order valence-electron chi connectivity index (χ1n) is 7.63. The molecule has 2 heterocycles. The standard InChI is InChI=1S/C17H18N2O4S/c1-24(22,23)19-9-3-6-16(19)15-8-7-14(11-18-15)12-4-2-5-13(10-12)17(20)21/h2,4-5,7-8,10-11,16H,3,6,9H2,1H3,(H,20,21). The molecule has 0 amide bonds. The summed E-state index contributed by atoms with van der Waals surface area (Å²) in [7, 11) is -3.25. The van der Waals surface area contributed by atoms with E-state index in [-0.39, 0.29) is 11.6 Å². The van der Waals surface area contributed by atoms with Crippen molar-refractivity contribution in [3.8, 4) is 11.1 Å². The Balaban J connectivity index is 1.89. The Hall–Kier alpha value is -2.25. The number of sulfonamides is 1. The number of pyridine rings is 1. The summed E-state index contributed by atoms with van der Waals surface area (Å²) in [5.74, 6) is -0.976. The third kappa shape index (κ3) is 3.32. The van der Waals surface area contributed by atoms with Gasteiger partial charge in [-0.3, -0.25) is 4.98 Å². The van der Waals surface area contributed by atoms with Crippen LogP contribution in [-0.2, 0) is 10.0 Å². The van der Waals surface area contributed by atoms with Gasteiger partial charge in [-0.05, 0) is 36.6 Å². The van der Waals surface area contributed by atoms with E-state index in [1.165, 1.54) is 16.6 Å². The van der Waals surface area contributed by atoms with Gasteiger partial charge in [0.1, 0.15) is 0 Å². The third-order valence-corrected chi connectivity index (χ3v) is 5.49. The van der Waals surface area contributed by atoms with Crippen LogP contribution in [0.25, 0.3) is 11.1 Å². The molecule has 7 heteroatoms. The molecule has 2 aromatic rings. The highest BCUT2D eigenvalue weighted by Crippen LogP contribution is 2.33. The van der Waals surface area contributed by atoms with Crippen molar-refractivity contribution in [1.29, 1.82) is 0 Å². The summed E-state index contributed by atoms with van der Waals surface area (Å²) in [6.07, 6.45) is 4.46. The zero-order valence-electron chi connectivity index (χ0n) is 13.2. The van der Waals surface area contributed by atoms with E-state index >= 15 is 0 Å². The molecule has 1 aliphatic rings. The van der Waals surface area contributed by atoms with Gasteiger partial charge >= 0.3 is 5.97 Å². The molecule has 126 valence electrons. The number of carboxylic acids is 1. The summed E-state index contributed by atoms with van der Waals surface area (Å²) >= 11 is 0.